The molecule has 1 heterocycles. The number of amides is 1. The molecule has 4 rings (SSSR count). The Morgan fingerprint density at radius 3 is 2.54 bits per heavy atom. The number of carbonyl (C=O) groups is 1. The Morgan fingerprint density at radius 1 is 1.08 bits per heavy atom. The molecule has 7 atom stereocenters. The first-order chi connectivity index (χ1) is 11.5. The number of rotatable bonds is 1. The lowest BCUT2D eigenvalue weighted by molar-refractivity contribution is -0.119. The van der Waals surface area contributed by atoms with E-state index in [9.17, 15) is 4.79 Å². The maximum atomic E-state index is 11.6. The van der Waals surface area contributed by atoms with Gasteiger partial charge in [-0.25, -0.2) is 0 Å². The number of hydrogen-bond acceptors (Lipinski definition) is 1. The summed E-state index contributed by atoms with van der Waals surface area (Å²) in [6.07, 6.45) is 12.3. The van der Waals surface area contributed by atoms with E-state index < -0.39 is 0 Å². The van der Waals surface area contributed by atoms with Crippen LogP contribution in [0.15, 0.2) is 12.2 Å². The first-order valence-electron chi connectivity index (χ1n) is 10.5. The summed E-state index contributed by atoms with van der Waals surface area (Å²) in [6.45, 7) is 11.5. The summed E-state index contributed by atoms with van der Waals surface area (Å²) >= 11 is 0. The monoisotopic (exact) mass is 331 g/mol. The van der Waals surface area contributed by atoms with Crippen LogP contribution in [0, 0.1) is 40.9 Å². The molecule has 3 saturated carbocycles. The molecule has 0 spiro atoms. The predicted molar refractivity (Wildman–Crippen MR) is 101 cm³/mol. The Labute approximate surface area is 148 Å². The Balaban J connectivity index is 0.000000815. The summed E-state index contributed by atoms with van der Waals surface area (Å²) in [6, 6.07) is 0.422. The van der Waals surface area contributed by atoms with E-state index in [1.165, 1.54) is 38.5 Å². The van der Waals surface area contributed by atoms with Crippen LogP contribution in [0.25, 0.3) is 0 Å². The molecule has 3 fully saturated rings. The summed E-state index contributed by atoms with van der Waals surface area (Å²) < 4.78 is 0. The molecule has 4 aliphatic rings. The average Bonchev–Trinajstić information content (AvgIpc) is 2.93. The van der Waals surface area contributed by atoms with E-state index in [4.69, 9.17) is 0 Å². The SMILES string of the molecule is CC.CC(C)C1CCC2C3CCC4NC(=O)C=CC4C3CCC12C. The van der Waals surface area contributed by atoms with Crippen LogP contribution in [-0.4, -0.2) is 11.9 Å². The van der Waals surface area contributed by atoms with Gasteiger partial charge in [0.1, 0.15) is 0 Å². The van der Waals surface area contributed by atoms with Gasteiger partial charge in [0, 0.05) is 12.0 Å². The van der Waals surface area contributed by atoms with E-state index >= 15 is 0 Å². The number of hydrogen-bond donors (Lipinski definition) is 1. The lowest BCUT2D eigenvalue weighted by atomic mass is 9.51. The minimum Gasteiger partial charge on any atom is -0.349 e. The van der Waals surface area contributed by atoms with Crippen LogP contribution in [0.3, 0.4) is 0 Å². The number of nitrogens with one attached hydrogen (secondary N) is 1. The molecule has 3 aliphatic carbocycles. The van der Waals surface area contributed by atoms with Crippen LogP contribution in [0.1, 0.15) is 73.1 Å². The lowest BCUT2D eigenvalue weighted by Crippen LogP contribution is -2.54. The fraction of sp³-hybridized carbons (Fsp3) is 0.864. The molecule has 136 valence electrons. The fourth-order valence-electron chi connectivity index (χ4n) is 7.08. The second-order valence-electron chi connectivity index (χ2n) is 9.04. The minimum absolute atomic E-state index is 0.126. The molecule has 24 heavy (non-hydrogen) atoms. The summed E-state index contributed by atoms with van der Waals surface area (Å²) in [5, 5.41) is 3.22. The summed E-state index contributed by atoms with van der Waals surface area (Å²) in [5.41, 5.74) is 0.587. The third-order valence-corrected chi connectivity index (χ3v) is 7.94. The minimum atomic E-state index is 0.126. The molecule has 0 bridgehead atoms. The van der Waals surface area contributed by atoms with Gasteiger partial charge in [0.05, 0.1) is 0 Å². The highest BCUT2D eigenvalue weighted by molar-refractivity contribution is 5.88. The van der Waals surface area contributed by atoms with Gasteiger partial charge < -0.3 is 5.32 Å². The zero-order valence-corrected chi connectivity index (χ0v) is 16.3. The second kappa shape index (κ2) is 6.84. The molecule has 1 aliphatic heterocycles. The molecule has 1 N–H and O–H groups in total. The van der Waals surface area contributed by atoms with Crippen LogP contribution in [-0.2, 0) is 4.79 Å². The fourth-order valence-corrected chi connectivity index (χ4v) is 7.08. The predicted octanol–water partition coefficient (Wildman–Crippen LogP) is 5.19. The van der Waals surface area contributed by atoms with Crippen molar-refractivity contribution < 1.29 is 4.79 Å². The van der Waals surface area contributed by atoms with Crippen molar-refractivity contribution in [2.45, 2.75) is 79.2 Å². The van der Waals surface area contributed by atoms with E-state index in [0.29, 0.717) is 17.4 Å². The van der Waals surface area contributed by atoms with Gasteiger partial charge in [-0.3, -0.25) is 4.79 Å². The van der Waals surface area contributed by atoms with Crippen LogP contribution in [0.4, 0.5) is 0 Å². The molecular weight excluding hydrogens is 294 g/mol. The molecular formula is C22H37NO. The van der Waals surface area contributed by atoms with Gasteiger partial charge in [0.15, 0.2) is 0 Å². The Morgan fingerprint density at radius 2 is 1.83 bits per heavy atom. The number of fused-ring (bicyclic) bond motifs is 5. The molecule has 2 heteroatoms. The first-order valence-corrected chi connectivity index (χ1v) is 10.5. The normalized spacial score (nSPS) is 46.3. The van der Waals surface area contributed by atoms with E-state index in [2.05, 4.69) is 32.2 Å². The highest BCUT2D eigenvalue weighted by Crippen LogP contribution is 2.63. The van der Waals surface area contributed by atoms with E-state index in [1.807, 2.05) is 13.8 Å². The molecule has 2 nitrogen and oxygen atoms in total. The summed E-state index contributed by atoms with van der Waals surface area (Å²) in [4.78, 5) is 11.6. The smallest absolute Gasteiger partial charge is 0.243 e. The van der Waals surface area contributed by atoms with Crippen LogP contribution in [0.5, 0.6) is 0 Å². The molecule has 0 aromatic carbocycles. The lowest BCUT2D eigenvalue weighted by Gasteiger charge is -2.55. The van der Waals surface area contributed by atoms with E-state index in [-0.39, 0.29) is 5.91 Å². The molecule has 0 aromatic rings. The van der Waals surface area contributed by atoms with Crippen molar-refractivity contribution in [1.29, 1.82) is 0 Å². The topological polar surface area (TPSA) is 29.1 Å². The van der Waals surface area contributed by atoms with Gasteiger partial charge in [-0.1, -0.05) is 40.7 Å². The third kappa shape index (κ3) is 2.74. The molecule has 1 amide bonds. The van der Waals surface area contributed by atoms with Gasteiger partial charge >= 0.3 is 0 Å². The van der Waals surface area contributed by atoms with Gasteiger partial charge in [-0.2, -0.15) is 0 Å². The van der Waals surface area contributed by atoms with E-state index in [1.54, 1.807) is 6.08 Å². The van der Waals surface area contributed by atoms with Crippen LogP contribution in [0.2, 0.25) is 0 Å². The second-order valence-corrected chi connectivity index (χ2v) is 9.04. The van der Waals surface area contributed by atoms with Crippen molar-refractivity contribution in [2.24, 2.45) is 40.9 Å². The quantitative estimate of drug-likeness (QED) is 0.703. The van der Waals surface area contributed by atoms with Gasteiger partial charge in [0.25, 0.3) is 0 Å². The maximum Gasteiger partial charge on any atom is 0.243 e. The van der Waals surface area contributed by atoms with Gasteiger partial charge in [0.2, 0.25) is 5.91 Å². The van der Waals surface area contributed by atoms with Crippen molar-refractivity contribution in [3.63, 3.8) is 0 Å². The zero-order chi connectivity index (χ0) is 17.5. The largest absolute Gasteiger partial charge is 0.349 e. The van der Waals surface area contributed by atoms with Gasteiger partial charge in [-0.15, -0.1) is 0 Å². The Hall–Kier alpha value is -0.790. The Kier molecular flexibility index (Phi) is 5.14. The van der Waals surface area contributed by atoms with Crippen LogP contribution >= 0.6 is 0 Å². The van der Waals surface area contributed by atoms with Crippen molar-refractivity contribution >= 4 is 5.91 Å². The molecule has 0 radical (unpaired) electrons. The molecule has 0 saturated heterocycles. The number of carbonyl (C=O) groups excluding carboxylic acids is 1. The first kappa shape index (κ1) is 18.0. The van der Waals surface area contributed by atoms with Crippen molar-refractivity contribution in [2.75, 3.05) is 0 Å². The molecule has 7 unspecified atom stereocenters. The highest BCUT2D eigenvalue weighted by Gasteiger charge is 2.56. The standard InChI is InChI=1S/C20H31NO.C2H6/c1-12(2)16-6-7-17-14-4-8-18-15(5-9-19(22)21-18)13(14)10-11-20(16,17)3;1-2/h5,9,12-18H,4,6-8,10-11H2,1-3H3,(H,21,22);1-2H3. The molecule has 0 aromatic heterocycles. The van der Waals surface area contributed by atoms with Crippen LogP contribution < -0.4 is 5.32 Å². The Bertz CT molecular complexity index is 496. The van der Waals surface area contributed by atoms with Crippen molar-refractivity contribution in [1.82, 2.24) is 5.32 Å². The maximum absolute atomic E-state index is 11.6. The summed E-state index contributed by atoms with van der Waals surface area (Å²) in [5.74, 6) is 5.16. The highest BCUT2D eigenvalue weighted by atomic mass is 16.1. The average molecular weight is 332 g/mol. The third-order valence-electron chi connectivity index (χ3n) is 7.94. The zero-order valence-electron chi connectivity index (χ0n) is 16.3. The van der Waals surface area contributed by atoms with Crippen molar-refractivity contribution in [3.8, 4) is 0 Å². The van der Waals surface area contributed by atoms with Gasteiger partial charge in [-0.05, 0) is 79.6 Å². The summed E-state index contributed by atoms with van der Waals surface area (Å²) in [7, 11) is 0. The van der Waals surface area contributed by atoms with E-state index in [0.717, 1.165) is 29.6 Å². The van der Waals surface area contributed by atoms with Crippen molar-refractivity contribution in [3.05, 3.63) is 12.2 Å².